The first-order chi connectivity index (χ1) is 14.1. The number of hydrogen-bond donors (Lipinski definition) is 1. The highest BCUT2D eigenvalue weighted by Crippen LogP contribution is 2.29. The fourth-order valence-corrected chi connectivity index (χ4v) is 3.55. The van der Waals surface area contributed by atoms with Crippen LogP contribution in [0.2, 0.25) is 0 Å². The minimum absolute atomic E-state index is 0.366. The topological polar surface area (TPSA) is 24.5 Å². The van der Waals surface area contributed by atoms with Crippen LogP contribution in [0.4, 0.5) is 5.69 Å². The Balaban J connectivity index is 1.64. The molecule has 0 spiro atoms. The number of rotatable bonds is 9. The maximum Gasteiger partial charge on any atom is 0.118 e. The molecule has 0 aromatic heterocycles. The molecule has 0 fully saturated rings. The lowest BCUT2D eigenvalue weighted by molar-refractivity contribution is 0.414. The van der Waals surface area contributed by atoms with Crippen molar-refractivity contribution in [3.63, 3.8) is 0 Å². The van der Waals surface area contributed by atoms with E-state index in [1.54, 1.807) is 7.11 Å². The molecule has 152 valence electrons. The van der Waals surface area contributed by atoms with Crippen LogP contribution in [-0.4, -0.2) is 27.7 Å². The molecular formula is C26H32N2O. The Bertz CT molecular complexity index is 868. The first-order valence-corrected chi connectivity index (χ1v) is 10.2. The molecule has 0 saturated carbocycles. The summed E-state index contributed by atoms with van der Waals surface area (Å²) in [5.41, 5.74) is 6.52. The molecule has 0 bridgehead atoms. The molecule has 29 heavy (non-hydrogen) atoms. The van der Waals surface area contributed by atoms with Crippen molar-refractivity contribution in [2.24, 2.45) is 0 Å². The molecule has 0 unspecified atom stereocenters. The Morgan fingerprint density at radius 1 is 0.828 bits per heavy atom. The van der Waals surface area contributed by atoms with Gasteiger partial charge in [-0.1, -0.05) is 54.1 Å². The van der Waals surface area contributed by atoms with Crippen LogP contribution in [0, 0.1) is 6.92 Å². The molecular weight excluding hydrogens is 356 g/mol. The lowest BCUT2D eigenvalue weighted by Crippen LogP contribution is -2.18. The number of hydrogen-bond acceptors (Lipinski definition) is 3. The fraction of sp³-hybridized carbons (Fsp3) is 0.308. The Hall–Kier alpha value is -2.78. The van der Waals surface area contributed by atoms with Gasteiger partial charge in [-0.15, -0.1) is 0 Å². The van der Waals surface area contributed by atoms with Crippen molar-refractivity contribution in [2.75, 3.05) is 32.6 Å². The van der Waals surface area contributed by atoms with Gasteiger partial charge in [0, 0.05) is 32.2 Å². The fourth-order valence-electron chi connectivity index (χ4n) is 3.55. The molecule has 0 heterocycles. The monoisotopic (exact) mass is 388 g/mol. The van der Waals surface area contributed by atoms with Gasteiger partial charge in [-0.2, -0.15) is 0 Å². The number of nitrogens with zero attached hydrogens (tertiary/aromatic N) is 1. The number of methoxy groups -OCH3 is 1. The number of aryl methyl sites for hydroxylation is 1. The van der Waals surface area contributed by atoms with Gasteiger partial charge in [0.05, 0.1) is 7.11 Å². The van der Waals surface area contributed by atoms with E-state index < -0.39 is 0 Å². The lowest BCUT2D eigenvalue weighted by Gasteiger charge is -2.19. The van der Waals surface area contributed by atoms with Crippen molar-refractivity contribution in [1.82, 2.24) is 5.32 Å². The molecule has 3 aromatic rings. The molecule has 3 heteroatoms. The van der Waals surface area contributed by atoms with Crippen LogP contribution in [-0.2, 0) is 6.54 Å². The zero-order valence-corrected chi connectivity index (χ0v) is 18.0. The molecule has 3 rings (SSSR count). The van der Waals surface area contributed by atoms with E-state index in [0.29, 0.717) is 5.92 Å². The second-order valence-electron chi connectivity index (χ2n) is 7.76. The Morgan fingerprint density at radius 3 is 1.97 bits per heavy atom. The molecule has 3 nitrogen and oxygen atoms in total. The minimum Gasteiger partial charge on any atom is -0.497 e. The molecule has 1 N–H and O–H groups in total. The molecule has 0 aliphatic carbocycles. The summed E-state index contributed by atoms with van der Waals surface area (Å²) in [7, 11) is 5.84. The summed E-state index contributed by atoms with van der Waals surface area (Å²) in [5, 5.41) is 3.62. The maximum atomic E-state index is 5.33. The van der Waals surface area contributed by atoms with Crippen molar-refractivity contribution in [3.05, 3.63) is 95.1 Å². The van der Waals surface area contributed by atoms with Gasteiger partial charge in [-0.25, -0.2) is 0 Å². The standard InChI is InChI=1S/C26H32N2O/c1-20-5-9-22(10-6-20)26(23-11-15-25(29-4)16-12-23)17-18-27-19-21-7-13-24(14-8-21)28(2)3/h5-16,26-27H,17-19H2,1-4H3/t26-/m1/s1. The summed E-state index contributed by atoms with van der Waals surface area (Å²) in [6, 6.07) is 26.1. The van der Waals surface area contributed by atoms with Gasteiger partial charge in [0.1, 0.15) is 5.75 Å². The van der Waals surface area contributed by atoms with E-state index in [4.69, 9.17) is 4.74 Å². The lowest BCUT2D eigenvalue weighted by atomic mass is 9.88. The third kappa shape index (κ3) is 5.85. The normalized spacial score (nSPS) is 11.9. The zero-order valence-electron chi connectivity index (χ0n) is 18.0. The molecule has 0 amide bonds. The summed E-state index contributed by atoms with van der Waals surface area (Å²) >= 11 is 0. The largest absolute Gasteiger partial charge is 0.497 e. The van der Waals surface area contributed by atoms with Crippen LogP contribution in [0.3, 0.4) is 0 Å². The zero-order chi connectivity index (χ0) is 20.6. The molecule has 0 aliphatic heterocycles. The Labute approximate surface area is 175 Å². The van der Waals surface area contributed by atoms with Crippen molar-refractivity contribution in [3.8, 4) is 5.75 Å². The maximum absolute atomic E-state index is 5.33. The van der Waals surface area contributed by atoms with Gasteiger partial charge in [-0.05, 0) is 60.8 Å². The van der Waals surface area contributed by atoms with E-state index in [2.05, 4.69) is 104 Å². The first kappa shape index (κ1) is 20.9. The van der Waals surface area contributed by atoms with E-state index in [0.717, 1.165) is 25.3 Å². The predicted octanol–water partition coefficient (Wildman–Crippen LogP) is 5.38. The Kier molecular flexibility index (Phi) is 7.31. The first-order valence-electron chi connectivity index (χ1n) is 10.2. The highest BCUT2D eigenvalue weighted by molar-refractivity contribution is 5.46. The van der Waals surface area contributed by atoms with Gasteiger partial charge < -0.3 is 15.0 Å². The van der Waals surface area contributed by atoms with Crippen molar-refractivity contribution >= 4 is 5.69 Å². The van der Waals surface area contributed by atoms with Gasteiger partial charge in [0.2, 0.25) is 0 Å². The van der Waals surface area contributed by atoms with E-state index in [1.165, 1.54) is 27.9 Å². The highest BCUT2D eigenvalue weighted by Gasteiger charge is 2.14. The summed E-state index contributed by atoms with van der Waals surface area (Å²) in [6.45, 7) is 3.98. The molecule has 3 aromatic carbocycles. The SMILES string of the molecule is COc1ccc([C@H](CCNCc2ccc(N(C)C)cc2)c2ccc(C)cc2)cc1. The summed E-state index contributed by atoms with van der Waals surface area (Å²) in [5.74, 6) is 1.26. The van der Waals surface area contributed by atoms with E-state index in [1.807, 2.05) is 0 Å². The average Bonchev–Trinajstić information content (AvgIpc) is 2.75. The van der Waals surface area contributed by atoms with Crippen LogP contribution in [0.15, 0.2) is 72.8 Å². The summed E-state index contributed by atoms with van der Waals surface area (Å²) in [6.07, 6.45) is 1.05. The smallest absolute Gasteiger partial charge is 0.118 e. The van der Waals surface area contributed by atoms with Crippen molar-refractivity contribution in [2.45, 2.75) is 25.8 Å². The van der Waals surface area contributed by atoms with Crippen LogP contribution in [0.25, 0.3) is 0 Å². The van der Waals surface area contributed by atoms with E-state index in [9.17, 15) is 0 Å². The van der Waals surface area contributed by atoms with E-state index in [-0.39, 0.29) is 0 Å². The summed E-state index contributed by atoms with van der Waals surface area (Å²) < 4.78 is 5.33. The number of benzene rings is 3. The van der Waals surface area contributed by atoms with Crippen LogP contribution in [0.5, 0.6) is 5.75 Å². The molecule has 0 aliphatic rings. The Morgan fingerprint density at radius 2 is 1.41 bits per heavy atom. The number of ether oxygens (including phenoxy) is 1. The van der Waals surface area contributed by atoms with Crippen LogP contribution in [0.1, 0.15) is 34.6 Å². The second kappa shape index (κ2) is 10.1. The molecule has 1 atom stereocenters. The van der Waals surface area contributed by atoms with E-state index >= 15 is 0 Å². The van der Waals surface area contributed by atoms with Gasteiger partial charge >= 0.3 is 0 Å². The third-order valence-corrected chi connectivity index (χ3v) is 5.39. The molecule has 0 radical (unpaired) electrons. The van der Waals surface area contributed by atoms with Crippen molar-refractivity contribution < 1.29 is 4.74 Å². The second-order valence-corrected chi connectivity index (χ2v) is 7.76. The van der Waals surface area contributed by atoms with Crippen LogP contribution < -0.4 is 15.0 Å². The average molecular weight is 389 g/mol. The van der Waals surface area contributed by atoms with Crippen LogP contribution >= 0.6 is 0 Å². The quantitative estimate of drug-likeness (QED) is 0.498. The predicted molar refractivity (Wildman–Crippen MR) is 123 cm³/mol. The molecule has 0 saturated heterocycles. The van der Waals surface area contributed by atoms with Gasteiger partial charge in [0.15, 0.2) is 0 Å². The minimum atomic E-state index is 0.366. The summed E-state index contributed by atoms with van der Waals surface area (Å²) in [4.78, 5) is 2.12. The highest BCUT2D eigenvalue weighted by atomic mass is 16.5. The third-order valence-electron chi connectivity index (χ3n) is 5.39. The number of anilines is 1. The van der Waals surface area contributed by atoms with Crippen molar-refractivity contribution in [1.29, 1.82) is 0 Å². The number of nitrogens with one attached hydrogen (secondary N) is 1. The van der Waals surface area contributed by atoms with Gasteiger partial charge in [-0.3, -0.25) is 0 Å². The van der Waals surface area contributed by atoms with Gasteiger partial charge in [0.25, 0.3) is 0 Å².